The van der Waals surface area contributed by atoms with Gasteiger partial charge in [0.2, 0.25) is 5.91 Å². The van der Waals surface area contributed by atoms with Crippen LogP contribution in [0.1, 0.15) is 12.0 Å². The van der Waals surface area contributed by atoms with Crippen LogP contribution in [0.4, 0.5) is 0 Å². The average Bonchev–Trinajstić information content (AvgIpc) is 2.73. The summed E-state index contributed by atoms with van der Waals surface area (Å²) in [6.07, 6.45) is 2.23. The largest absolute Gasteiger partial charge is 0.345 e. The molecule has 0 aromatic heterocycles. The fraction of sp³-hybridized carbons (Fsp3) is 0.533. The number of benzene rings is 1. The van der Waals surface area contributed by atoms with Gasteiger partial charge in [0.05, 0.1) is 6.54 Å². The summed E-state index contributed by atoms with van der Waals surface area (Å²) in [6.45, 7) is 3.56. The predicted octanol–water partition coefficient (Wildman–Crippen LogP) is 1.87. The second-order valence-electron chi connectivity index (χ2n) is 5.46. The average molecular weight is 276 g/mol. The highest BCUT2D eigenvalue weighted by atomic mass is 32.2. The summed E-state index contributed by atoms with van der Waals surface area (Å²) in [5.74, 6) is 0.262. The third-order valence-corrected chi connectivity index (χ3v) is 5.23. The molecule has 1 fully saturated rings. The highest BCUT2D eigenvalue weighted by molar-refractivity contribution is 8.00. The number of likely N-dealkylation sites (N-methyl/N-ethyl adjacent to an activating group) is 1. The van der Waals surface area contributed by atoms with Crippen molar-refractivity contribution in [1.82, 2.24) is 9.80 Å². The van der Waals surface area contributed by atoms with Crippen LogP contribution >= 0.6 is 11.8 Å². The molecule has 1 aromatic carbocycles. The van der Waals surface area contributed by atoms with Crippen LogP contribution in [0.2, 0.25) is 0 Å². The van der Waals surface area contributed by atoms with Gasteiger partial charge in [-0.15, -0.1) is 11.8 Å². The zero-order chi connectivity index (χ0) is 13.2. The number of rotatable bonds is 2. The maximum absolute atomic E-state index is 11.9. The van der Waals surface area contributed by atoms with E-state index in [1.165, 1.54) is 10.5 Å². The highest BCUT2D eigenvalue weighted by Crippen LogP contribution is 2.37. The van der Waals surface area contributed by atoms with Crippen LogP contribution in [-0.2, 0) is 11.2 Å². The zero-order valence-electron chi connectivity index (χ0n) is 11.3. The Balaban J connectivity index is 1.60. The van der Waals surface area contributed by atoms with E-state index in [1.807, 2.05) is 23.7 Å². The molecule has 0 saturated carbocycles. The van der Waals surface area contributed by atoms with Gasteiger partial charge in [-0.3, -0.25) is 9.69 Å². The lowest BCUT2D eigenvalue weighted by Crippen LogP contribution is -2.37. The van der Waals surface area contributed by atoms with Gasteiger partial charge in [0.15, 0.2) is 0 Å². The topological polar surface area (TPSA) is 23.6 Å². The molecule has 0 bridgehead atoms. The molecule has 0 radical (unpaired) electrons. The van der Waals surface area contributed by atoms with Gasteiger partial charge >= 0.3 is 0 Å². The maximum Gasteiger partial charge on any atom is 0.236 e. The number of hydrogen-bond acceptors (Lipinski definition) is 3. The summed E-state index contributed by atoms with van der Waals surface area (Å²) < 4.78 is 0. The van der Waals surface area contributed by atoms with Crippen molar-refractivity contribution in [3.05, 3.63) is 29.8 Å². The molecule has 102 valence electrons. The second kappa shape index (κ2) is 5.55. The number of thioether (sulfide) groups is 1. The first-order valence-electron chi connectivity index (χ1n) is 6.93. The van der Waals surface area contributed by atoms with Gasteiger partial charge in [0.25, 0.3) is 0 Å². The highest BCUT2D eigenvalue weighted by Gasteiger charge is 2.26. The summed E-state index contributed by atoms with van der Waals surface area (Å²) in [7, 11) is 1.91. The Kier molecular flexibility index (Phi) is 3.80. The lowest BCUT2D eigenvalue weighted by Gasteiger charge is -2.22. The van der Waals surface area contributed by atoms with Crippen molar-refractivity contribution < 1.29 is 4.79 Å². The van der Waals surface area contributed by atoms with E-state index in [1.54, 1.807) is 0 Å². The molecule has 1 unspecified atom stereocenters. The SMILES string of the molecule is CN1CCCN(CC2Cc3ccccc3S2)CC1=O. The predicted molar refractivity (Wildman–Crippen MR) is 78.5 cm³/mol. The van der Waals surface area contributed by atoms with Crippen molar-refractivity contribution in [3.63, 3.8) is 0 Å². The molecule has 1 aromatic rings. The van der Waals surface area contributed by atoms with Crippen LogP contribution in [0.5, 0.6) is 0 Å². The fourth-order valence-corrected chi connectivity index (χ4v) is 4.21. The first-order valence-corrected chi connectivity index (χ1v) is 7.81. The van der Waals surface area contributed by atoms with E-state index in [4.69, 9.17) is 0 Å². The molecule has 4 heteroatoms. The molecule has 3 nitrogen and oxygen atoms in total. The molecule has 1 atom stereocenters. The van der Waals surface area contributed by atoms with Crippen molar-refractivity contribution in [2.45, 2.75) is 23.0 Å². The van der Waals surface area contributed by atoms with E-state index in [9.17, 15) is 4.79 Å². The van der Waals surface area contributed by atoms with Gasteiger partial charge in [-0.1, -0.05) is 18.2 Å². The van der Waals surface area contributed by atoms with Gasteiger partial charge in [0.1, 0.15) is 0 Å². The molecule has 1 amide bonds. The summed E-state index contributed by atoms with van der Waals surface area (Å²) in [5, 5.41) is 0.605. The quantitative estimate of drug-likeness (QED) is 0.824. The Bertz CT molecular complexity index is 452. The van der Waals surface area contributed by atoms with E-state index in [-0.39, 0.29) is 5.91 Å². The summed E-state index contributed by atoms with van der Waals surface area (Å²) >= 11 is 1.97. The van der Waals surface area contributed by atoms with Gasteiger partial charge < -0.3 is 4.90 Å². The van der Waals surface area contributed by atoms with Crippen molar-refractivity contribution in [1.29, 1.82) is 0 Å². The lowest BCUT2D eigenvalue weighted by atomic mass is 10.1. The van der Waals surface area contributed by atoms with Crippen molar-refractivity contribution >= 4 is 17.7 Å². The number of hydrogen-bond donors (Lipinski definition) is 0. The van der Waals surface area contributed by atoms with Gasteiger partial charge in [-0.2, -0.15) is 0 Å². The van der Waals surface area contributed by atoms with Gasteiger partial charge in [0, 0.05) is 36.8 Å². The Morgan fingerprint density at radius 1 is 1.32 bits per heavy atom. The standard InChI is InChI=1S/C15H20N2OS/c1-16-7-4-8-17(11-15(16)18)10-13-9-12-5-2-3-6-14(12)19-13/h2-3,5-6,13H,4,7-11H2,1H3. The van der Waals surface area contributed by atoms with Crippen LogP contribution < -0.4 is 0 Å². The monoisotopic (exact) mass is 276 g/mol. The van der Waals surface area contributed by atoms with E-state index >= 15 is 0 Å². The summed E-state index contributed by atoms with van der Waals surface area (Å²) in [4.78, 5) is 17.5. The third-order valence-electron chi connectivity index (χ3n) is 3.93. The number of carbonyl (C=O) groups is 1. The number of amides is 1. The number of fused-ring (bicyclic) bond motifs is 1. The first kappa shape index (κ1) is 13.0. The van der Waals surface area contributed by atoms with E-state index in [0.29, 0.717) is 11.8 Å². The third kappa shape index (κ3) is 2.95. The van der Waals surface area contributed by atoms with Crippen molar-refractivity contribution in [2.24, 2.45) is 0 Å². The lowest BCUT2D eigenvalue weighted by molar-refractivity contribution is -0.129. The minimum absolute atomic E-state index is 0.262. The molecule has 19 heavy (non-hydrogen) atoms. The molecular weight excluding hydrogens is 256 g/mol. The molecule has 0 N–H and O–H groups in total. The Morgan fingerprint density at radius 3 is 3.00 bits per heavy atom. The fourth-order valence-electron chi connectivity index (χ4n) is 2.85. The maximum atomic E-state index is 11.9. The second-order valence-corrected chi connectivity index (χ2v) is 6.80. The van der Waals surface area contributed by atoms with Gasteiger partial charge in [-0.25, -0.2) is 0 Å². The van der Waals surface area contributed by atoms with E-state index in [2.05, 4.69) is 29.2 Å². The zero-order valence-corrected chi connectivity index (χ0v) is 12.2. The molecular formula is C15H20N2OS. The number of nitrogens with zero attached hydrogens (tertiary/aromatic N) is 2. The molecule has 0 spiro atoms. The summed E-state index contributed by atoms with van der Waals surface area (Å²) in [6, 6.07) is 8.66. The Morgan fingerprint density at radius 2 is 2.16 bits per heavy atom. The molecule has 3 rings (SSSR count). The van der Waals surface area contributed by atoms with Crippen LogP contribution in [0.25, 0.3) is 0 Å². The van der Waals surface area contributed by atoms with Crippen LogP contribution in [-0.4, -0.2) is 54.2 Å². The van der Waals surface area contributed by atoms with Crippen LogP contribution in [0, 0.1) is 0 Å². The van der Waals surface area contributed by atoms with Crippen molar-refractivity contribution in [3.8, 4) is 0 Å². The van der Waals surface area contributed by atoms with E-state index in [0.717, 1.165) is 32.5 Å². The molecule has 2 aliphatic rings. The van der Waals surface area contributed by atoms with Crippen molar-refractivity contribution in [2.75, 3.05) is 33.2 Å². The minimum Gasteiger partial charge on any atom is -0.345 e. The Hall–Kier alpha value is -1.00. The molecule has 2 aliphatic heterocycles. The van der Waals surface area contributed by atoms with Crippen LogP contribution in [0.15, 0.2) is 29.2 Å². The summed E-state index contributed by atoms with van der Waals surface area (Å²) in [5.41, 5.74) is 1.47. The molecule has 1 saturated heterocycles. The smallest absolute Gasteiger partial charge is 0.236 e. The number of carbonyl (C=O) groups excluding carboxylic acids is 1. The normalized spacial score (nSPS) is 24.4. The molecule has 2 heterocycles. The first-order chi connectivity index (χ1) is 9.22. The van der Waals surface area contributed by atoms with E-state index < -0.39 is 0 Å². The van der Waals surface area contributed by atoms with Gasteiger partial charge in [-0.05, 0) is 24.5 Å². The molecule has 0 aliphatic carbocycles. The van der Waals surface area contributed by atoms with Crippen LogP contribution in [0.3, 0.4) is 0 Å². The minimum atomic E-state index is 0.262. The Labute approximate surface area is 119 Å².